The van der Waals surface area contributed by atoms with Crippen molar-refractivity contribution in [3.63, 3.8) is 0 Å². The van der Waals surface area contributed by atoms with Crippen molar-refractivity contribution in [2.24, 2.45) is 5.73 Å². The van der Waals surface area contributed by atoms with Crippen LogP contribution in [0.15, 0.2) is 12.3 Å². The van der Waals surface area contributed by atoms with Gasteiger partial charge in [0.25, 0.3) is 5.91 Å². The van der Waals surface area contributed by atoms with E-state index in [2.05, 4.69) is 10.3 Å². The van der Waals surface area contributed by atoms with Crippen molar-refractivity contribution in [1.29, 1.82) is 0 Å². The number of nitrogens with two attached hydrogens (primary N) is 1. The van der Waals surface area contributed by atoms with Gasteiger partial charge in [0.2, 0.25) is 5.91 Å². The van der Waals surface area contributed by atoms with E-state index in [1.807, 2.05) is 0 Å². The quantitative estimate of drug-likeness (QED) is 0.596. The fourth-order valence-corrected chi connectivity index (χ4v) is 5.54. The molecule has 1 aliphatic carbocycles. The lowest BCUT2D eigenvalue weighted by atomic mass is 9.77. The Morgan fingerprint density at radius 1 is 1.27 bits per heavy atom. The summed E-state index contributed by atoms with van der Waals surface area (Å²) in [5.41, 5.74) is 1.20. The Kier molecular flexibility index (Phi) is 5.46. The first-order valence-corrected chi connectivity index (χ1v) is 10.8. The van der Waals surface area contributed by atoms with Gasteiger partial charge in [-0.25, -0.2) is 12.8 Å². The SMILES string of the molecule is NC(=O)CC1(NC(=O)c2cc(OCC(F)(F)F)c(C3(F)CCC3)cn2)CS(=O)(=O)C1. The van der Waals surface area contributed by atoms with E-state index >= 15 is 0 Å². The Bertz CT molecular complexity index is 964. The number of hydrogen-bond acceptors (Lipinski definition) is 6. The first kappa shape index (κ1) is 22.2. The summed E-state index contributed by atoms with van der Waals surface area (Å²) in [7, 11) is -3.46. The van der Waals surface area contributed by atoms with Gasteiger partial charge in [0, 0.05) is 17.8 Å². The minimum atomic E-state index is -4.68. The van der Waals surface area contributed by atoms with Gasteiger partial charge in [-0.05, 0) is 19.3 Å². The number of hydrogen-bond donors (Lipinski definition) is 2. The minimum absolute atomic E-state index is 0.0855. The highest BCUT2D eigenvalue weighted by Crippen LogP contribution is 2.48. The maximum Gasteiger partial charge on any atom is 0.422 e. The van der Waals surface area contributed by atoms with Gasteiger partial charge in [-0.2, -0.15) is 13.2 Å². The molecule has 1 aromatic rings. The van der Waals surface area contributed by atoms with E-state index < -0.39 is 75.0 Å². The summed E-state index contributed by atoms with van der Waals surface area (Å²) in [5.74, 6) is -3.29. The lowest BCUT2D eigenvalue weighted by molar-refractivity contribution is -0.154. The number of nitrogens with zero attached hydrogens (tertiary/aromatic N) is 1. The van der Waals surface area contributed by atoms with Crippen LogP contribution in [0.25, 0.3) is 0 Å². The van der Waals surface area contributed by atoms with E-state index in [0.717, 1.165) is 12.3 Å². The van der Waals surface area contributed by atoms with Crippen LogP contribution in [-0.4, -0.2) is 55.0 Å². The molecular weight excluding hydrogens is 434 g/mol. The van der Waals surface area contributed by atoms with Gasteiger partial charge in [-0.1, -0.05) is 0 Å². The highest BCUT2D eigenvalue weighted by Gasteiger charge is 2.51. The van der Waals surface area contributed by atoms with Gasteiger partial charge in [0.15, 0.2) is 16.4 Å². The fraction of sp³-hybridized carbons (Fsp3) is 0.588. The van der Waals surface area contributed by atoms with Gasteiger partial charge in [0.1, 0.15) is 17.1 Å². The molecule has 2 heterocycles. The number of carbonyl (C=O) groups is 2. The molecule has 2 fully saturated rings. The Labute approximate surface area is 169 Å². The van der Waals surface area contributed by atoms with Crippen LogP contribution in [-0.2, 0) is 20.3 Å². The molecule has 0 unspecified atom stereocenters. The second kappa shape index (κ2) is 7.36. The summed E-state index contributed by atoms with van der Waals surface area (Å²) in [6, 6.07) is 0.876. The third kappa shape index (κ3) is 4.82. The van der Waals surface area contributed by atoms with Crippen LogP contribution < -0.4 is 15.8 Å². The molecule has 0 atom stereocenters. The molecule has 3 rings (SSSR count). The molecule has 8 nitrogen and oxygen atoms in total. The second-order valence-electron chi connectivity index (χ2n) is 7.70. The average molecular weight is 453 g/mol. The van der Waals surface area contributed by atoms with Crippen molar-refractivity contribution < 1.29 is 40.3 Å². The lowest BCUT2D eigenvalue weighted by Gasteiger charge is -2.40. The molecule has 166 valence electrons. The van der Waals surface area contributed by atoms with Crippen molar-refractivity contribution in [2.45, 2.75) is 43.1 Å². The number of sulfone groups is 1. The molecule has 0 spiro atoms. The van der Waals surface area contributed by atoms with Crippen LogP contribution in [0.2, 0.25) is 0 Å². The van der Waals surface area contributed by atoms with Crippen LogP contribution in [0, 0.1) is 0 Å². The van der Waals surface area contributed by atoms with Crippen LogP contribution in [0.4, 0.5) is 17.6 Å². The maximum absolute atomic E-state index is 14.8. The van der Waals surface area contributed by atoms with Crippen molar-refractivity contribution in [3.05, 3.63) is 23.5 Å². The van der Waals surface area contributed by atoms with Gasteiger partial charge >= 0.3 is 6.18 Å². The van der Waals surface area contributed by atoms with Gasteiger partial charge in [-0.15, -0.1) is 0 Å². The molecule has 0 aromatic carbocycles. The summed E-state index contributed by atoms with van der Waals surface area (Å²) >= 11 is 0. The van der Waals surface area contributed by atoms with Gasteiger partial charge in [-0.3, -0.25) is 14.6 Å². The number of aromatic nitrogens is 1. The number of rotatable bonds is 7. The summed E-state index contributed by atoms with van der Waals surface area (Å²) in [6.45, 7) is -1.69. The number of carbonyl (C=O) groups excluding carboxylic acids is 2. The third-order valence-corrected chi connectivity index (χ3v) is 6.99. The number of amides is 2. The summed E-state index contributed by atoms with van der Waals surface area (Å²) < 4.78 is 80.3. The number of halogens is 4. The zero-order chi connectivity index (χ0) is 22.4. The molecule has 1 aliphatic heterocycles. The molecule has 0 radical (unpaired) electrons. The zero-order valence-electron chi connectivity index (χ0n) is 15.6. The zero-order valence-corrected chi connectivity index (χ0v) is 16.4. The van der Waals surface area contributed by atoms with Gasteiger partial charge in [0.05, 0.1) is 23.5 Å². The number of pyridine rings is 1. The van der Waals surface area contributed by atoms with Crippen LogP contribution >= 0.6 is 0 Å². The van der Waals surface area contributed by atoms with Crippen LogP contribution in [0.1, 0.15) is 41.7 Å². The molecule has 3 N–H and O–H groups in total. The molecule has 1 aromatic heterocycles. The number of nitrogens with one attached hydrogen (secondary N) is 1. The predicted octanol–water partition coefficient (Wildman–Crippen LogP) is 1.14. The molecule has 1 saturated carbocycles. The van der Waals surface area contributed by atoms with E-state index in [1.165, 1.54) is 0 Å². The topological polar surface area (TPSA) is 128 Å². The van der Waals surface area contributed by atoms with Crippen LogP contribution in [0.3, 0.4) is 0 Å². The third-order valence-electron chi connectivity index (χ3n) is 5.00. The van der Waals surface area contributed by atoms with Crippen molar-refractivity contribution in [3.8, 4) is 5.75 Å². The first-order valence-electron chi connectivity index (χ1n) is 8.93. The normalized spacial score (nSPS) is 21.1. The average Bonchev–Trinajstić information content (AvgIpc) is 2.54. The highest BCUT2D eigenvalue weighted by atomic mass is 32.2. The van der Waals surface area contributed by atoms with Crippen molar-refractivity contribution in [1.82, 2.24) is 10.3 Å². The molecular formula is C17H19F4N3O5S. The summed E-state index contributed by atoms with van der Waals surface area (Å²) in [4.78, 5) is 27.6. The first-order chi connectivity index (χ1) is 13.7. The standard InChI is InChI=1S/C17H19F4N3O5S/c18-16(2-1-3-16)10-6-23-11(4-12(10)29-7-17(19,20)21)14(26)24-15(5-13(22)25)8-30(27,28)9-15/h4,6H,1-3,5,7-9H2,(H2,22,25)(H,24,26). The van der Waals surface area contributed by atoms with Crippen molar-refractivity contribution in [2.75, 3.05) is 18.1 Å². The maximum atomic E-state index is 14.8. The smallest absolute Gasteiger partial charge is 0.422 e. The molecule has 1 saturated heterocycles. The van der Waals surface area contributed by atoms with Crippen molar-refractivity contribution >= 4 is 21.7 Å². The van der Waals surface area contributed by atoms with E-state index in [4.69, 9.17) is 10.5 Å². The highest BCUT2D eigenvalue weighted by molar-refractivity contribution is 7.93. The number of ether oxygens (including phenoxy) is 1. The Morgan fingerprint density at radius 3 is 2.37 bits per heavy atom. The molecule has 2 amide bonds. The monoisotopic (exact) mass is 453 g/mol. The van der Waals surface area contributed by atoms with E-state index in [-0.39, 0.29) is 18.4 Å². The molecule has 0 bridgehead atoms. The second-order valence-corrected chi connectivity index (χ2v) is 9.76. The minimum Gasteiger partial charge on any atom is -0.484 e. The molecule has 2 aliphatic rings. The van der Waals surface area contributed by atoms with Crippen LogP contribution in [0.5, 0.6) is 5.75 Å². The summed E-state index contributed by atoms with van der Waals surface area (Å²) in [6.07, 6.45) is -3.47. The number of alkyl halides is 4. The summed E-state index contributed by atoms with van der Waals surface area (Å²) in [5, 5.41) is 2.37. The Morgan fingerprint density at radius 2 is 1.90 bits per heavy atom. The molecule has 30 heavy (non-hydrogen) atoms. The Hall–Kier alpha value is -2.44. The Balaban J connectivity index is 1.86. The van der Waals surface area contributed by atoms with E-state index in [9.17, 15) is 35.6 Å². The van der Waals surface area contributed by atoms with E-state index in [1.54, 1.807) is 0 Å². The lowest BCUT2D eigenvalue weighted by Crippen LogP contribution is -2.66. The predicted molar refractivity (Wildman–Crippen MR) is 95.1 cm³/mol. The van der Waals surface area contributed by atoms with Gasteiger partial charge < -0.3 is 15.8 Å². The van der Waals surface area contributed by atoms with E-state index in [0.29, 0.717) is 6.42 Å². The number of primary amides is 1. The largest absolute Gasteiger partial charge is 0.484 e. The fourth-order valence-electron chi connectivity index (χ4n) is 3.59. The molecule has 13 heteroatoms.